The van der Waals surface area contributed by atoms with E-state index in [1.165, 1.54) is 6.07 Å². The van der Waals surface area contributed by atoms with Crippen molar-refractivity contribution in [3.8, 4) is 0 Å². The summed E-state index contributed by atoms with van der Waals surface area (Å²) >= 11 is 0. The normalized spacial score (nSPS) is 24.0. The van der Waals surface area contributed by atoms with E-state index in [0.29, 0.717) is 0 Å². The monoisotopic (exact) mass is 398 g/mol. The first-order valence-electron chi connectivity index (χ1n) is 8.63. The van der Waals surface area contributed by atoms with E-state index in [-0.39, 0.29) is 24.3 Å². The minimum atomic E-state index is -4.59. The zero-order valence-electron chi connectivity index (χ0n) is 15.1. The van der Waals surface area contributed by atoms with Crippen LogP contribution in [0.15, 0.2) is 53.4 Å². The molecular formula is C20H21F3O3S. The quantitative estimate of drug-likeness (QED) is 0.723. The SMILES string of the molecule is Cc1ccc(C2CC(C)(S(=O)(=O)c3cccc(C(F)(F)F)c3)CCO2)cc1. The Bertz CT molecular complexity index is 920. The molecule has 0 N–H and O–H groups in total. The van der Waals surface area contributed by atoms with Gasteiger partial charge in [-0.2, -0.15) is 13.2 Å². The Morgan fingerprint density at radius 2 is 1.78 bits per heavy atom. The van der Waals surface area contributed by atoms with Gasteiger partial charge in [0.25, 0.3) is 0 Å². The Morgan fingerprint density at radius 3 is 2.41 bits per heavy atom. The number of halogens is 3. The number of hydrogen-bond donors (Lipinski definition) is 0. The van der Waals surface area contributed by atoms with Crippen molar-refractivity contribution in [3.05, 3.63) is 65.2 Å². The molecule has 146 valence electrons. The van der Waals surface area contributed by atoms with Crippen molar-refractivity contribution in [2.45, 2.75) is 48.6 Å². The van der Waals surface area contributed by atoms with Crippen LogP contribution in [-0.2, 0) is 20.8 Å². The molecule has 7 heteroatoms. The summed E-state index contributed by atoms with van der Waals surface area (Å²) in [5.74, 6) is 0. The molecule has 2 atom stereocenters. The molecule has 0 amide bonds. The van der Waals surface area contributed by atoms with E-state index in [1.807, 2.05) is 31.2 Å². The molecule has 0 saturated carbocycles. The van der Waals surface area contributed by atoms with Gasteiger partial charge in [-0.15, -0.1) is 0 Å². The van der Waals surface area contributed by atoms with Gasteiger partial charge >= 0.3 is 6.18 Å². The minimum Gasteiger partial charge on any atom is -0.373 e. The second-order valence-corrected chi connectivity index (χ2v) is 9.67. The lowest BCUT2D eigenvalue weighted by molar-refractivity contribution is -0.137. The molecule has 0 aromatic heterocycles. The number of alkyl halides is 3. The summed E-state index contributed by atoms with van der Waals surface area (Å²) < 4.78 is 69.9. The second-order valence-electron chi connectivity index (χ2n) is 7.20. The first kappa shape index (κ1) is 19.9. The lowest BCUT2D eigenvalue weighted by Gasteiger charge is -2.38. The average molecular weight is 398 g/mol. The molecule has 1 saturated heterocycles. The van der Waals surface area contributed by atoms with Gasteiger partial charge in [0, 0.05) is 6.61 Å². The highest BCUT2D eigenvalue weighted by Crippen LogP contribution is 2.42. The lowest BCUT2D eigenvalue weighted by atomic mass is 9.92. The molecule has 2 aromatic carbocycles. The zero-order chi connectivity index (χ0) is 19.9. The topological polar surface area (TPSA) is 43.4 Å². The van der Waals surface area contributed by atoms with Crippen molar-refractivity contribution >= 4 is 9.84 Å². The molecule has 1 aliphatic heterocycles. The number of ether oxygens (including phenoxy) is 1. The number of sulfone groups is 1. The van der Waals surface area contributed by atoms with Gasteiger partial charge < -0.3 is 4.74 Å². The third-order valence-corrected chi connectivity index (χ3v) is 7.68. The van der Waals surface area contributed by atoms with Crippen LogP contribution in [-0.4, -0.2) is 19.8 Å². The standard InChI is InChI=1S/C20H21F3O3S/c1-14-6-8-15(9-7-14)18-13-19(2,10-11-26-18)27(24,25)17-5-3-4-16(12-17)20(21,22)23/h3-9,12,18H,10-11,13H2,1-2H3. The van der Waals surface area contributed by atoms with E-state index >= 15 is 0 Å². The Labute approximate surface area is 157 Å². The van der Waals surface area contributed by atoms with E-state index in [1.54, 1.807) is 6.92 Å². The van der Waals surface area contributed by atoms with Gasteiger partial charge in [0.05, 0.1) is 21.3 Å². The first-order valence-corrected chi connectivity index (χ1v) is 10.1. The van der Waals surface area contributed by atoms with Gasteiger partial charge in [-0.1, -0.05) is 35.9 Å². The first-order chi connectivity index (χ1) is 12.5. The smallest absolute Gasteiger partial charge is 0.373 e. The van der Waals surface area contributed by atoms with Crippen LogP contribution in [0.3, 0.4) is 0 Å². The molecule has 2 aromatic rings. The fraction of sp³-hybridized carbons (Fsp3) is 0.400. The maximum absolute atomic E-state index is 13.2. The van der Waals surface area contributed by atoms with E-state index in [0.717, 1.165) is 29.3 Å². The molecule has 0 bridgehead atoms. The van der Waals surface area contributed by atoms with Crippen molar-refractivity contribution in [1.82, 2.24) is 0 Å². The molecule has 0 aliphatic carbocycles. The fourth-order valence-electron chi connectivity index (χ4n) is 3.33. The van der Waals surface area contributed by atoms with Gasteiger partial charge in [-0.3, -0.25) is 0 Å². The van der Waals surface area contributed by atoms with Crippen molar-refractivity contribution in [2.75, 3.05) is 6.61 Å². The number of benzene rings is 2. The van der Waals surface area contributed by atoms with Crippen molar-refractivity contribution < 1.29 is 26.3 Å². The molecular weight excluding hydrogens is 377 g/mol. The fourth-order valence-corrected chi connectivity index (χ4v) is 5.17. The van der Waals surface area contributed by atoms with Gasteiger partial charge in [-0.05, 0) is 50.5 Å². The summed E-state index contributed by atoms with van der Waals surface area (Å²) in [6.07, 6.45) is -4.58. The maximum atomic E-state index is 13.2. The summed E-state index contributed by atoms with van der Waals surface area (Å²) in [6, 6.07) is 11.6. The molecule has 3 rings (SSSR count). The van der Waals surface area contributed by atoms with Crippen LogP contribution in [0.5, 0.6) is 0 Å². The maximum Gasteiger partial charge on any atom is 0.416 e. The largest absolute Gasteiger partial charge is 0.416 e. The molecule has 3 nitrogen and oxygen atoms in total. The van der Waals surface area contributed by atoms with Crippen LogP contribution in [0.2, 0.25) is 0 Å². The molecule has 1 fully saturated rings. The second kappa shape index (κ2) is 6.95. The van der Waals surface area contributed by atoms with Crippen molar-refractivity contribution in [3.63, 3.8) is 0 Å². The number of rotatable bonds is 3. The summed E-state index contributed by atoms with van der Waals surface area (Å²) in [4.78, 5) is -0.301. The molecule has 2 unspecified atom stereocenters. The van der Waals surface area contributed by atoms with E-state index < -0.39 is 32.4 Å². The zero-order valence-corrected chi connectivity index (χ0v) is 15.9. The van der Waals surface area contributed by atoms with Gasteiger partial charge in [0.2, 0.25) is 0 Å². The lowest BCUT2D eigenvalue weighted by Crippen LogP contribution is -2.42. The molecule has 0 radical (unpaired) electrons. The summed E-state index contributed by atoms with van der Waals surface area (Å²) in [7, 11) is -3.97. The minimum absolute atomic E-state index is 0.189. The molecule has 0 spiro atoms. The van der Waals surface area contributed by atoms with Gasteiger partial charge in [-0.25, -0.2) is 8.42 Å². The van der Waals surface area contributed by atoms with E-state index in [2.05, 4.69) is 0 Å². The van der Waals surface area contributed by atoms with Crippen LogP contribution >= 0.6 is 0 Å². The number of aryl methyl sites for hydroxylation is 1. The Hall–Kier alpha value is -1.86. The van der Waals surface area contributed by atoms with Gasteiger partial charge in [0.1, 0.15) is 0 Å². The van der Waals surface area contributed by atoms with E-state index in [9.17, 15) is 21.6 Å². The van der Waals surface area contributed by atoms with Crippen molar-refractivity contribution in [1.29, 1.82) is 0 Å². The van der Waals surface area contributed by atoms with Crippen LogP contribution < -0.4 is 0 Å². The highest BCUT2D eigenvalue weighted by molar-refractivity contribution is 7.92. The van der Waals surface area contributed by atoms with E-state index in [4.69, 9.17) is 4.74 Å². The predicted molar refractivity (Wildman–Crippen MR) is 96.1 cm³/mol. The predicted octanol–water partition coefficient (Wildman–Crippen LogP) is 5.10. The van der Waals surface area contributed by atoms with Crippen LogP contribution in [0.25, 0.3) is 0 Å². The van der Waals surface area contributed by atoms with Crippen LogP contribution in [0.4, 0.5) is 13.2 Å². The van der Waals surface area contributed by atoms with Crippen molar-refractivity contribution in [2.24, 2.45) is 0 Å². The summed E-state index contributed by atoms with van der Waals surface area (Å²) in [6.45, 7) is 3.77. The average Bonchev–Trinajstić information content (AvgIpc) is 2.61. The van der Waals surface area contributed by atoms with Crippen LogP contribution in [0.1, 0.15) is 42.6 Å². The highest BCUT2D eigenvalue weighted by Gasteiger charge is 2.45. The third-order valence-electron chi connectivity index (χ3n) is 5.14. The third kappa shape index (κ3) is 3.89. The summed E-state index contributed by atoms with van der Waals surface area (Å²) in [5, 5.41) is 0. The molecule has 1 heterocycles. The molecule has 27 heavy (non-hydrogen) atoms. The highest BCUT2D eigenvalue weighted by atomic mass is 32.2. The molecule has 1 aliphatic rings. The number of hydrogen-bond acceptors (Lipinski definition) is 3. The summed E-state index contributed by atoms with van der Waals surface area (Å²) in [5.41, 5.74) is 0.981. The Kier molecular flexibility index (Phi) is 5.12. The van der Waals surface area contributed by atoms with Gasteiger partial charge in [0.15, 0.2) is 9.84 Å². The van der Waals surface area contributed by atoms with Crippen LogP contribution in [0, 0.1) is 6.92 Å². The Morgan fingerprint density at radius 1 is 1.11 bits per heavy atom. The Balaban J connectivity index is 1.94.